The molecule has 152 valence electrons. The van der Waals surface area contributed by atoms with Crippen LogP contribution in [0.25, 0.3) is 0 Å². The van der Waals surface area contributed by atoms with Gasteiger partial charge < -0.3 is 9.47 Å². The molecule has 0 fully saturated rings. The Kier molecular flexibility index (Phi) is 6.60. The van der Waals surface area contributed by atoms with E-state index in [4.69, 9.17) is 9.47 Å². The van der Waals surface area contributed by atoms with E-state index >= 15 is 0 Å². The molecule has 1 aliphatic carbocycles. The highest BCUT2D eigenvalue weighted by Gasteiger charge is 2.32. The number of ether oxygens (including phenoxy) is 2. The van der Waals surface area contributed by atoms with Crippen LogP contribution < -0.4 is 0 Å². The molecule has 0 N–H and O–H groups in total. The molecule has 1 heterocycles. The van der Waals surface area contributed by atoms with Gasteiger partial charge in [0.15, 0.2) is 17.2 Å². The topological polar surface area (TPSA) is 90.0 Å². The summed E-state index contributed by atoms with van der Waals surface area (Å²) in [7, 11) is -4.02. The molecule has 1 aromatic carbocycles. The number of rotatable bonds is 7. The van der Waals surface area contributed by atoms with Crippen molar-refractivity contribution in [2.24, 2.45) is 0 Å². The predicted octanol–water partition coefficient (Wildman–Crippen LogP) is 3.69. The van der Waals surface area contributed by atoms with E-state index in [1.165, 1.54) is 50.0 Å². The van der Waals surface area contributed by atoms with Crippen LogP contribution in [0.5, 0.6) is 0 Å². The number of hydrogen-bond acceptors (Lipinski definition) is 7. The second-order valence-electron chi connectivity index (χ2n) is 6.10. The second-order valence-corrected chi connectivity index (χ2v) is 9.04. The summed E-state index contributed by atoms with van der Waals surface area (Å²) in [5, 5.41) is -0.153. The van der Waals surface area contributed by atoms with Crippen molar-refractivity contribution in [2.75, 3.05) is 5.75 Å². The fourth-order valence-electron chi connectivity index (χ4n) is 2.69. The molecule has 0 aromatic heterocycles. The summed E-state index contributed by atoms with van der Waals surface area (Å²) < 4.78 is 38.3. The molecule has 0 spiro atoms. The lowest BCUT2D eigenvalue weighted by molar-refractivity contribution is -0.109. The van der Waals surface area contributed by atoms with Crippen LogP contribution in [-0.2, 0) is 24.3 Å². The molecule has 0 bridgehead atoms. The molecule has 3 rings (SSSR count). The number of ketones is 1. The van der Waals surface area contributed by atoms with Crippen LogP contribution in [0.2, 0.25) is 0 Å². The van der Waals surface area contributed by atoms with E-state index in [2.05, 4.69) is 0 Å². The van der Waals surface area contributed by atoms with Crippen LogP contribution in [0.15, 0.2) is 77.8 Å². The minimum absolute atomic E-state index is 0.00257. The Balaban J connectivity index is 1.90. The average Bonchev–Trinajstić information content (AvgIpc) is 2.73. The molecule has 0 saturated carbocycles. The Morgan fingerprint density at radius 2 is 1.93 bits per heavy atom. The molecule has 29 heavy (non-hydrogen) atoms. The molecule has 0 radical (unpaired) electrons. The smallest absolute Gasteiger partial charge is 0.270 e. The fraction of sp³-hybridized carbons (Fsp3) is 0.200. The van der Waals surface area contributed by atoms with E-state index in [1.807, 2.05) is 6.08 Å². The maximum absolute atomic E-state index is 13.4. The zero-order valence-electron chi connectivity index (χ0n) is 15.6. The summed E-state index contributed by atoms with van der Waals surface area (Å²) in [5.41, 5.74) is 0.874. The van der Waals surface area contributed by atoms with Crippen LogP contribution in [0, 0.1) is 0 Å². The van der Waals surface area contributed by atoms with Gasteiger partial charge >= 0.3 is 0 Å². The summed E-state index contributed by atoms with van der Waals surface area (Å²) >= 11 is 0.913. The monoisotopic (exact) mass is 433 g/mol. The zero-order valence-corrected chi connectivity index (χ0v) is 17.2. The molecule has 7 nitrogen and oxygen atoms in total. The predicted molar refractivity (Wildman–Crippen MR) is 109 cm³/mol. The van der Waals surface area contributed by atoms with Crippen molar-refractivity contribution < 1.29 is 27.5 Å². The Hall–Kier alpha value is -2.78. The SMILES string of the molecule is CC(=O)SCC(=O)c1ccc(S(=O)(=O)N(C2=CC=CCC2)C2=COC=CO2)cc1. The Morgan fingerprint density at radius 3 is 2.52 bits per heavy atom. The van der Waals surface area contributed by atoms with Gasteiger partial charge in [-0.15, -0.1) is 0 Å². The first-order valence-corrected chi connectivity index (χ1v) is 11.2. The summed E-state index contributed by atoms with van der Waals surface area (Å²) in [6, 6.07) is 5.62. The lowest BCUT2D eigenvalue weighted by atomic mass is 10.1. The molecule has 0 amide bonds. The molecular formula is C20H19NO6S2. The zero-order chi connectivity index (χ0) is 20.9. The minimum atomic E-state index is -4.02. The van der Waals surface area contributed by atoms with Crippen molar-refractivity contribution in [3.8, 4) is 0 Å². The van der Waals surface area contributed by atoms with Gasteiger partial charge in [-0.1, -0.05) is 36.0 Å². The van der Waals surface area contributed by atoms with Gasteiger partial charge in [0.1, 0.15) is 12.5 Å². The van der Waals surface area contributed by atoms with Crippen molar-refractivity contribution in [1.29, 1.82) is 0 Å². The van der Waals surface area contributed by atoms with Crippen LogP contribution >= 0.6 is 11.8 Å². The highest BCUT2D eigenvalue weighted by atomic mass is 32.2. The molecule has 1 aliphatic heterocycles. The van der Waals surface area contributed by atoms with Gasteiger partial charge in [0, 0.05) is 18.2 Å². The highest BCUT2D eigenvalue weighted by Crippen LogP contribution is 2.31. The number of thioether (sulfide) groups is 1. The minimum Gasteiger partial charge on any atom is -0.464 e. The lowest BCUT2D eigenvalue weighted by Crippen LogP contribution is -2.31. The molecule has 9 heteroatoms. The average molecular weight is 434 g/mol. The normalized spacial score (nSPS) is 15.6. The van der Waals surface area contributed by atoms with Crippen LogP contribution in [0.3, 0.4) is 0 Å². The van der Waals surface area contributed by atoms with Gasteiger partial charge in [0.2, 0.25) is 5.88 Å². The van der Waals surface area contributed by atoms with E-state index in [-0.39, 0.29) is 27.4 Å². The summed E-state index contributed by atoms with van der Waals surface area (Å²) in [6.45, 7) is 1.39. The maximum atomic E-state index is 13.4. The second kappa shape index (κ2) is 9.15. The summed E-state index contributed by atoms with van der Waals surface area (Å²) in [4.78, 5) is 23.2. The third-order valence-electron chi connectivity index (χ3n) is 4.07. The quantitative estimate of drug-likeness (QED) is 0.606. The standard InChI is InChI=1S/C20H19NO6S2/c1-15(22)28-14-19(23)16-7-9-18(10-8-16)29(24,25)21(17-5-3-2-4-6-17)20-13-26-11-12-27-20/h2-3,5,7-13H,4,6,14H2,1H3. The third-order valence-corrected chi connectivity index (χ3v) is 6.64. The molecule has 1 aromatic rings. The van der Waals surface area contributed by atoms with E-state index in [1.54, 1.807) is 12.2 Å². The van der Waals surface area contributed by atoms with Crippen molar-refractivity contribution in [3.63, 3.8) is 0 Å². The molecule has 2 aliphatic rings. The molecule has 0 atom stereocenters. The molecular weight excluding hydrogens is 414 g/mol. The van der Waals surface area contributed by atoms with E-state index in [0.717, 1.165) is 16.1 Å². The number of hydrogen-bond donors (Lipinski definition) is 0. The van der Waals surface area contributed by atoms with Gasteiger partial charge in [0.25, 0.3) is 10.0 Å². The number of carbonyl (C=O) groups excluding carboxylic acids is 2. The van der Waals surface area contributed by atoms with Crippen molar-refractivity contribution >= 4 is 32.7 Å². The molecule has 0 unspecified atom stereocenters. The Morgan fingerprint density at radius 1 is 1.17 bits per heavy atom. The number of Topliss-reactive ketones (excluding diaryl/α,β-unsaturated/α-hetero) is 1. The first-order chi connectivity index (χ1) is 13.9. The Bertz CT molecular complexity index is 1020. The van der Waals surface area contributed by atoms with Crippen LogP contribution in [0.4, 0.5) is 0 Å². The number of nitrogens with zero attached hydrogens (tertiary/aromatic N) is 1. The van der Waals surface area contributed by atoms with Gasteiger partial charge in [-0.3, -0.25) is 9.59 Å². The van der Waals surface area contributed by atoms with Crippen LogP contribution in [-0.4, -0.2) is 29.4 Å². The van der Waals surface area contributed by atoms with Crippen molar-refractivity contribution in [1.82, 2.24) is 4.31 Å². The number of sulfonamides is 1. The number of allylic oxidation sites excluding steroid dienone is 4. The first-order valence-electron chi connectivity index (χ1n) is 8.74. The number of benzene rings is 1. The fourth-order valence-corrected chi connectivity index (χ4v) is 4.67. The van der Waals surface area contributed by atoms with E-state index in [9.17, 15) is 18.0 Å². The summed E-state index contributed by atoms with van der Waals surface area (Å²) in [6.07, 6.45) is 10.4. The van der Waals surface area contributed by atoms with Gasteiger partial charge in [-0.2, -0.15) is 0 Å². The first kappa shape index (κ1) is 20.9. The van der Waals surface area contributed by atoms with Crippen molar-refractivity contribution in [3.05, 3.63) is 78.4 Å². The third kappa shape index (κ3) is 4.99. The van der Waals surface area contributed by atoms with Crippen LogP contribution in [0.1, 0.15) is 30.1 Å². The van der Waals surface area contributed by atoms with E-state index in [0.29, 0.717) is 24.1 Å². The summed E-state index contributed by atoms with van der Waals surface area (Å²) in [5.74, 6) is -0.216. The lowest BCUT2D eigenvalue weighted by Gasteiger charge is -2.29. The number of carbonyl (C=O) groups is 2. The van der Waals surface area contributed by atoms with Gasteiger partial charge in [0.05, 0.1) is 10.6 Å². The largest absolute Gasteiger partial charge is 0.464 e. The van der Waals surface area contributed by atoms with E-state index < -0.39 is 10.0 Å². The maximum Gasteiger partial charge on any atom is 0.270 e. The highest BCUT2D eigenvalue weighted by molar-refractivity contribution is 8.14. The molecule has 0 saturated heterocycles. The Labute approximate surface area is 173 Å². The van der Waals surface area contributed by atoms with Gasteiger partial charge in [-0.25, -0.2) is 12.7 Å². The van der Waals surface area contributed by atoms with Gasteiger partial charge in [-0.05, 0) is 31.1 Å². The van der Waals surface area contributed by atoms with Crippen molar-refractivity contribution in [2.45, 2.75) is 24.7 Å².